The molecule has 1 aromatic rings. The average Bonchev–Trinajstić information content (AvgIpc) is 2.45. The highest BCUT2D eigenvalue weighted by atomic mass is 19.2. The van der Waals surface area contributed by atoms with Gasteiger partial charge in [-0.15, -0.1) is 0 Å². The molecular formula is C14H14F3NO2. The summed E-state index contributed by atoms with van der Waals surface area (Å²) in [4.78, 5) is 24.9. The molecule has 1 aliphatic heterocycles. The molecule has 108 valence electrons. The summed E-state index contributed by atoms with van der Waals surface area (Å²) in [6.07, 6.45) is 1.14. The normalized spacial score (nSPS) is 19.3. The van der Waals surface area contributed by atoms with Crippen molar-refractivity contribution in [3.63, 3.8) is 0 Å². The van der Waals surface area contributed by atoms with Gasteiger partial charge in [0.2, 0.25) is 5.91 Å². The van der Waals surface area contributed by atoms with E-state index < -0.39 is 29.3 Å². The Morgan fingerprint density at radius 2 is 2.00 bits per heavy atom. The molecule has 0 spiro atoms. The first-order valence-electron chi connectivity index (χ1n) is 6.45. The number of rotatable bonds is 3. The molecule has 1 atom stereocenters. The highest BCUT2D eigenvalue weighted by Crippen LogP contribution is 2.29. The maximum atomic E-state index is 13.7. The smallest absolute Gasteiger partial charge is 0.237 e. The lowest BCUT2D eigenvalue weighted by atomic mass is 9.91. The molecule has 0 radical (unpaired) electrons. The van der Waals surface area contributed by atoms with Crippen LogP contribution in [0.1, 0.15) is 26.2 Å². The topological polar surface area (TPSA) is 37.4 Å². The Morgan fingerprint density at radius 1 is 1.30 bits per heavy atom. The van der Waals surface area contributed by atoms with Gasteiger partial charge in [-0.1, -0.05) is 6.92 Å². The van der Waals surface area contributed by atoms with Crippen molar-refractivity contribution in [3.05, 3.63) is 29.6 Å². The molecule has 2 rings (SSSR count). The van der Waals surface area contributed by atoms with Gasteiger partial charge in [0.05, 0.1) is 11.6 Å². The molecule has 0 saturated carbocycles. The van der Waals surface area contributed by atoms with Gasteiger partial charge >= 0.3 is 0 Å². The van der Waals surface area contributed by atoms with Crippen LogP contribution in [0.2, 0.25) is 0 Å². The van der Waals surface area contributed by atoms with Crippen molar-refractivity contribution in [1.29, 1.82) is 0 Å². The number of Topliss-reactive ketones (excluding diaryl/α,β-unsaturated/α-hetero) is 1. The van der Waals surface area contributed by atoms with Gasteiger partial charge in [-0.05, 0) is 25.0 Å². The molecule has 20 heavy (non-hydrogen) atoms. The minimum Gasteiger partial charge on any atom is -0.309 e. The zero-order chi connectivity index (χ0) is 14.9. The first-order chi connectivity index (χ1) is 9.47. The fourth-order valence-corrected chi connectivity index (χ4v) is 2.38. The molecule has 6 heteroatoms. The van der Waals surface area contributed by atoms with Crippen LogP contribution in [0.5, 0.6) is 0 Å². The van der Waals surface area contributed by atoms with Crippen molar-refractivity contribution >= 4 is 17.4 Å². The molecule has 1 heterocycles. The maximum absolute atomic E-state index is 13.7. The Hall–Kier alpha value is -1.85. The van der Waals surface area contributed by atoms with E-state index in [1.807, 2.05) is 0 Å². The number of amides is 1. The summed E-state index contributed by atoms with van der Waals surface area (Å²) < 4.78 is 39.9. The van der Waals surface area contributed by atoms with E-state index in [-0.39, 0.29) is 24.4 Å². The van der Waals surface area contributed by atoms with Gasteiger partial charge in [0.25, 0.3) is 0 Å². The standard InChI is InChI=1S/C14H14F3NO2/c1-2-11(19)8-4-3-7-18(14(8)20)10-6-5-9(15)12(16)13(10)17/h5-6,8H,2-4,7H2,1H3/t8-/m0/s1. The van der Waals surface area contributed by atoms with E-state index in [2.05, 4.69) is 0 Å². The van der Waals surface area contributed by atoms with E-state index in [1.54, 1.807) is 6.92 Å². The van der Waals surface area contributed by atoms with Crippen LogP contribution in [0.25, 0.3) is 0 Å². The Morgan fingerprint density at radius 3 is 2.65 bits per heavy atom. The molecule has 3 nitrogen and oxygen atoms in total. The van der Waals surface area contributed by atoms with Gasteiger partial charge in [0.1, 0.15) is 5.78 Å². The third-order valence-corrected chi connectivity index (χ3v) is 3.48. The van der Waals surface area contributed by atoms with E-state index in [1.165, 1.54) is 0 Å². The van der Waals surface area contributed by atoms with Crippen molar-refractivity contribution in [3.8, 4) is 0 Å². The zero-order valence-electron chi connectivity index (χ0n) is 11.0. The number of carbonyl (C=O) groups is 2. The van der Waals surface area contributed by atoms with E-state index in [9.17, 15) is 22.8 Å². The van der Waals surface area contributed by atoms with Crippen molar-refractivity contribution in [1.82, 2.24) is 0 Å². The molecule has 0 aliphatic carbocycles. The maximum Gasteiger partial charge on any atom is 0.237 e. The zero-order valence-corrected chi connectivity index (χ0v) is 11.0. The second-order valence-electron chi connectivity index (χ2n) is 4.70. The third-order valence-electron chi connectivity index (χ3n) is 3.48. The van der Waals surface area contributed by atoms with Gasteiger partial charge < -0.3 is 4.90 Å². The highest BCUT2D eigenvalue weighted by Gasteiger charge is 2.35. The molecule has 0 aromatic heterocycles. The van der Waals surface area contributed by atoms with Crippen LogP contribution in [0.3, 0.4) is 0 Å². The molecule has 0 unspecified atom stereocenters. The lowest BCUT2D eigenvalue weighted by Gasteiger charge is -2.31. The van der Waals surface area contributed by atoms with E-state index in [4.69, 9.17) is 0 Å². The quantitative estimate of drug-likeness (QED) is 0.632. The summed E-state index contributed by atoms with van der Waals surface area (Å²) in [7, 11) is 0. The largest absolute Gasteiger partial charge is 0.309 e. The molecule has 1 aliphatic rings. The van der Waals surface area contributed by atoms with Crippen LogP contribution in [0.15, 0.2) is 12.1 Å². The lowest BCUT2D eigenvalue weighted by Crippen LogP contribution is -2.44. The van der Waals surface area contributed by atoms with Gasteiger partial charge in [-0.25, -0.2) is 13.2 Å². The summed E-state index contributed by atoms with van der Waals surface area (Å²) in [5, 5.41) is 0. The van der Waals surface area contributed by atoms with Gasteiger partial charge in [-0.2, -0.15) is 0 Å². The molecule has 1 fully saturated rings. The Bertz CT molecular complexity index is 560. The molecule has 1 saturated heterocycles. The predicted molar refractivity (Wildman–Crippen MR) is 66.7 cm³/mol. The van der Waals surface area contributed by atoms with Crippen LogP contribution in [-0.2, 0) is 9.59 Å². The Balaban J connectivity index is 2.35. The lowest BCUT2D eigenvalue weighted by molar-refractivity contribution is -0.133. The highest BCUT2D eigenvalue weighted by molar-refractivity contribution is 6.08. The molecule has 1 aromatic carbocycles. The minimum absolute atomic E-state index is 0.189. The van der Waals surface area contributed by atoms with Crippen molar-refractivity contribution in [2.24, 2.45) is 5.92 Å². The Kier molecular flexibility index (Phi) is 4.11. The van der Waals surface area contributed by atoms with Crippen LogP contribution in [0, 0.1) is 23.4 Å². The Labute approximate surface area is 114 Å². The number of ketones is 1. The van der Waals surface area contributed by atoms with Crippen LogP contribution in [0.4, 0.5) is 18.9 Å². The number of carbonyl (C=O) groups excluding carboxylic acids is 2. The number of anilines is 1. The first kappa shape index (κ1) is 14.6. The van der Waals surface area contributed by atoms with E-state index in [0.717, 1.165) is 17.0 Å². The second kappa shape index (κ2) is 5.64. The number of hydrogen-bond donors (Lipinski definition) is 0. The molecule has 0 bridgehead atoms. The molecular weight excluding hydrogens is 271 g/mol. The first-order valence-corrected chi connectivity index (χ1v) is 6.45. The SMILES string of the molecule is CCC(=O)[C@@H]1CCCN(c2ccc(F)c(F)c2F)C1=O. The summed E-state index contributed by atoms with van der Waals surface area (Å²) in [5.41, 5.74) is -0.317. The number of nitrogens with zero attached hydrogens (tertiary/aromatic N) is 1. The average molecular weight is 285 g/mol. The van der Waals surface area contributed by atoms with Crippen LogP contribution < -0.4 is 4.90 Å². The third kappa shape index (κ3) is 2.42. The number of benzene rings is 1. The second-order valence-corrected chi connectivity index (χ2v) is 4.70. The van der Waals surface area contributed by atoms with Gasteiger partial charge in [0, 0.05) is 13.0 Å². The number of hydrogen-bond acceptors (Lipinski definition) is 2. The fraction of sp³-hybridized carbons (Fsp3) is 0.429. The van der Waals surface area contributed by atoms with Gasteiger partial charge in [0.15, 0.2) is 17.5 Å². The molecule has 0 N–H and O–H groups in total. The van der Waals surface area contributed by atoms with E-state index in [0.29, 0.717) is 12.8 Å². The number of piperidine rings is 1. The van der Waals surface area contributed by atoms with Crippen LogP contribution >= 0.6 is 0 Å². The van der Waals surface area contributed by atoms with E-state index >= 15 is 0 Å². The van der Waals surface area contributed by atoms with Crippen molar-refractivity contribution < 1.29 is 22.8 Å². The fourth-order valence-electron chi connectivity index (χ4n) is 2.38. The molecule has 1 amide bonds. The summed E-state index contributed by atoms with van der Waals surface area (Å²) in [6.45, 7) is 1.83. The van der Waals surface area contributed by atoms with Gasteiger partial charge in [-0.3, -0.25) is 9.59 Å². The summed E-state index contributed by atoms with van der Waals surface area (Å²) in [5.74, 6) is -5.91. The summed E-state index contributed by atoms with van der Waals surface area (Å²) >= 11 is 0. The minimum atomic E-state index is -1.61. The predicted octanol–water partition coefficient (Wildman–Crippen LogP) is 2.83. The number of halogens is 3. The van der Waals surface area contributed by atoms with Crippen LogP contribution in [-0.4, -0.2) is 18.2 Å². The van der Waals surface area contributed by atoms with Crippen molar-refractivity contribution in [2.75, 3.05) is 11.4 Å². The monoisotopic (exact) mass is 285 g/mol. The summed E-state index contributed by atoms with van der Waals surface area (Å²) in [6, 6.07) is 1.79. The van der Waals surface area contributed by atoms with Crippen molar-refractivity contribution in [2.45, 2.75) is 26.2 Å².